The van der Waals surface area contributed by atoms with Crippen LogP contribution in [0.5, 0.6) is 0 Å². The standard InChI is InChI=1S/C17H15FO2/c18-16-10-12(17(19)20)8-9-15(16)14-7-2-1-6-13(14)11-4-3-5-11/h1-2,6-11H,3-5H2,(H,19,20). The molecule has 0 bridgehead atoms. The van der Waals surface area contributed by atoms with E-state index in [-0.39, 0.29) is 5.56 Å². The zero-order chi connectivity index (χ0) is 14.1. The zero-order valence-electron chi connectivity index (χ0n) is 11.0. The third kappa shape index (κ3) is 2.20. The Morgan fingerprint density at radius 1 is 1.10 bits per heavy atom. The van der Waals surface area contributed by atoms with E-state index < -0.39 is 11.8 Å². The minimum Gasteiger partial charge on any atom is -0.478 e. The van der Waals surface area contributed by atoms with Crippen molar-refractivity contribution in [3.8, 4) is 11.1 Å². The van der Waals surface area contributed by atoms with Gasteiger partial charge in [-0.15, -0.1) is 0 Å². The molecule has 102 valence electrons. The molecule has 1 aliphatic rings. The molecule has 2 nitrogen and oxygen atoms in total. The minimum atomic E-state index is -1.11. The molecule has 1 fully saturated rings. The number of carbonyl (C=O) groups is 1. The van der Waals surface area contributed by atoms with Crippen molar-refractivity contribution in [2.45, 2.75) is 25.2 Å². The maximum Gasteiger partial charge on any atom is 0.335 e. The summed E-state index contributed by atoms with van der Waals surface area (Å²) >= 11 is 0. The van der Waals surface area contributed by atoms with Crippen LogP contribution in [0.15, 0.2) is 42.5 Å². The maximum absolute atomic E-state index is 14.2. The first kappa shape index (κ1) is 12.9. The summed E-state index contributed by atoms with van der Waals surface area (Å²) in [6.45, 7) is 0. The average molecular weight is 270 g/mol. The molecule has 3 rings (SSSR count). The quantitative estimate of drug-likeness (QED) is 0.894. The van der Waals surface area contributed by atoms with Crippen LogP contribution in [0.3, 0.4) is 0 Å². The van der Waals surface area contributed by atoms with Crippen LogP contribution in [0.2, 0.25) is 0 Å². The lowest BCUT2D eigenvalue weighted by Gasteiger charge is -2.28. The molecule has 3 heteroatoms. The molecule has 0 unspecified atom stereocenters. The lowest BCUT2D eigenvalue weighted by atomic mass is 9.77. The number of aromatic carboxylic acids is 1. The van der Waals surface area contributed by atoms with Crippen molar-refractivity contribution in [3.63, 3.8) is 0 Å². The molecule has 0 aliphatic heterocycles. The third-order valence-corrected chi connectivity index (χ3v) is 4.01. The lowest BCUT2D eigenvalue weighted by Crippen LogP contribution is -2.10. The summed E-state index contributed by atoms with van der Waals surface area (Å²) in [5, 5.41) is 8.89. The van der Waals surface area contributed by atoms with Gasteiger partial charge in [-0.05, 0) is 42.0 Å². The Kier molecular flexibility index (Phi) is 3.26. The Morgan fingerprint density at radius 3 is 2.45 bits per heavy atom. The summed E-state index contributed by atoms with van der Waals surface area (Å²) in [5.74, 6) is -1.08. The Hall–Kier alpha value is -2.16. The summed E-state index contributed by atoms with van der Waals surface area (Å²) in [6, 6.07) is 11.9. The molecule has 20 heavy (non-hydrogen) atoms. The van der Waals surface area contributed by atoms with Crippen molar-refractivity contribution in [3.05, 3.63) is 59.4 Å². The molecular weight excluding hydrogens is 255 g/mol. The fraction of sp³-hybridized carbons (Fsp3) is 0.235. The van der Waals surface area contributed by atoms with Crippen LogP contribution < -0.4 is 0 Å². The van der Waals surface area contributed by atoms with Crippen molar-refractivity contribution in [1.82, 2.24) is 0 Å². The molecule has 1 aliphatic carbocycles. The Morgan fingerprint density at radius 2 is 1.85 bits per heavy atom. The van der Waals surface area contributed by atoms with Crippen LogP contribution in [0.4, 0.5) is 4.39 Å². The smallest absolute Gasteiger partial charge is 0.335 e. The Labute approximate surface area is 116 Å². The minimum absolute atomic E-state index is 0.0209. The Balaban J connectivity index is 2.07. The number of benzene rings is 2. The molecule has 1 saturated carbocycles. The van der Waals surface area contributed by atoms with E-state index in [4.69, 9.17) is 5.11 Å². The summed E-state index contributed by atoms with van der Waals surface area (Å²) in [7, 11) is 0. The fourth-order valence-electron chi connectivity index (χ4n) is 2.68. The van der Waals surface area contributed by atoms with Gasteiger partial charge < -0.3 is 5.11 Å². The number of carboxylic acid groups (broad SMARTS) is 1. The number of halogens is 1. The molecule has 0 atom stereocenters. The van der Waals surface area contributed by atoms with Gasteiger partial charge in [0.15, 0.2) is 0 Å². The van der Waals surface area contributed by atoms with Crippen molar-refractivity contribution in [2.24, 2.45) is 0 Å². The van der Waals surface area contributed by atoms with Gasteiger partial charge in [0, 0.05) is 5.56 Å². The molecule has 0 saturated heterocycles. The van der Waals surface area contributed by atoms with Gasteiger partial charge in [0.05, 0.1) is 5.56 Å². The van der Waals surface area contributed by atoms with Gasteiger partial charge in [-0.2, -0.15) is 0 Å². The van der Waals surface area contributed by atoms with Crippen LogP contribution in [-0.2, 0) is 0 Å². The van der Waals surface area contributed by atoms with Gasteiger partial charge in [-0.1, -0.05) is 36.8 Å². The van der Waals surface area contributed by atoms with Gasteiger partial charge in [-0.25, -0.2) is 9.18 Å². The van der Waals surface area contributed by atoms with Crippen molar-refractivity contribution < 1.29 is 14.3 Å². The van der Waals surface area contributed by atoms with E-state index in [2.05, 4.69) is 0 Å². The Bertz CT molecular complexity index is 660. The highest BCUT2D eigenvalue weighted by molar-refractivity contribution is 5.88. The fourth-order valence-corrected chi connectivity index (χ4v) is 2.68. The van der Waals surface area contributed by atoms with Crippen LogP contribution in [0.25, 0.3) is 11.1 Å². The summed E-state index contributed by atoms with van der Waals surface area (Å²) in [6.07, 6.45) is 3.51. The molecule has 1 N–H and O–H groups in total. The highest BCUT2D eigenvalue weighted by Gasteiger charge is 2.23. The SMILES string of the molecule is O=C(O)c1ccc(-c2ccccc2C2CCC2)c(F)c1. The zero-order valence-corrected chi connectivity index (χ0v) is 11.0. The van der Waals surface area contributed by atoms with Gasteiger partial charge >= 0.3 is 5.97 Å². The van der Waals surface area contributed by atoms with Gasteiger partial charge in [-0.3, -0.25) is 0 Å². The average Bonchev–Trinajstić information content (AvgIpc) is 2.37. The topological polar surface area (TPSA) is 37.3 Å². The predicted molar refractivity (Wildman–Crippen MR) is 75.4 cm³/mol. The molecule has 2 aromatic rings. The van der Waals surface area contributed by atoms with E-state index in [0.717, 1.165) is 24.5 Å². The second kappa shape index (κ2) is 5.08. The number of rotatable bonds is 3. The largest absolute Gasteiger partial charge is 0.478 e. The highest BCUT2D eigenvalue weighted by Crippen LogP contribution is 2.41. The third-order valence-electron chi connectivity index (χ3n) is 4.01. The predicted octanol–water partition coefficient (Wildman–Crippen LogP) is 4.46. The second-order valence-electron chi connectivity index (χ2n) is 5.21. The van der Waals surface area contributed by atoms with Gasteiger partial charge in [0.2, 0.25) is 0 Å². The summed E-state index contributed by atoms with van der Waals surface area (Å²) in [5.41, 5.74) is 2.51. The van der Waals surface area contributed by atoms with Gasteiger partial charge in [0.1, 0.15) is 5.82 Å². The van der Waals surface area contributed by atoms with E-state index in [1.807, 2.05) is 24.3 Å². The molecule has 0 amide bonds. The second-order valence-corrected chi connectivity index (χ2v) is 5.21. The first-order valence-electron chi connectivity index (χ1n) is 6.79. The molecule has 0 radical (unpaired) electrons. The first-order chi connectivity index (χ1) is 9.66. The molecular formula is C17H15FO2. The van der Waals surface area contributed by atoms with Crippen LogP contribution >= 0.6 is 0 Å². The highest BCUT2D eigenvalue weighted by atomic mass is 19.1. The molecule has 0 heterocycles. The van der Waals surface area contributed by atoms with E-state index in [1.165, 1.54) is 18.1 Å². The molecule has 0 spiro atoms. The normalized spacial score (nSPS) is 14.8. The van der Waals surface area contributed by atoms with Crippen molar-refractivity contribution in [2.75, 3.05) is 0 Å². The molecule has 2 aromatic carbocycles. The van der Waals surface area contributed by atoms with E-state index in [0.29, 0.717) is 11.5 Å². The number of carboxylic acids is 1. The van der Waals surface area contributed by atoms with Crippen LogP contribution in [0, 0.1) is 5.82 Å². The van der Waals surface area contributed by atoms with Crippen LogP contribution in [-0.4, -0.2) is 11.1 Å². The summed E-state index contributed by atoms with van der Waals surface area (Å²) < 4.78 is 14.2. The lowest BCUT2D eigenvalue weighted by molar-refractivity contribution is 0.0696. The summed E-state index contributed by atoms with van der Waals surface area (Å²) in [4.78, 5) is 10.9. The van der Waals surface area contributed by atoms with Crippen molar-refractivity contribution >= 4 is 5.97 Å². The number of hydrogen-bond acceptors (Lipinski definition) is 1. The van der Waals surface area contributed by atoms with Gasteiger partial charge in [0.25, 0.3) is 0 Å². The van der Waals surface area contributed by atoms with E-state index in [1.54, 1.807) is 6.07 Å². The number of hydrogen-bond donors (Lipinski definition) is 1. The van der Waals surface area contributed by atoms with E-state index in [9.17, 15) is 9.18 Å². The maximum atomic E-state index is 14.2. The van der Waals surface area contributed by atoms with Crippen LogP contribution in [0.1, 0.15) is 41.1 Å². The molecule has 0 aromatic heterocycles. The monoisotopic (exact) mass is 270 g/mol. The van der Waals surface area contributed by atoms with Crippen molar-refractivity contribution in [1.29, 1.82) is 0 Å². The first-order valence-corrected chi connectivity index (χ1v) is 6.79. The van der Waals surface area contributed by atoms with E-state index >= 15 is 0 Å².